The van der Waals surface area contributed by atoms with Gasteiger partial charge in [-0.3, -0.25) is 4.79 Å². The van der Waals surface area contributed by atoms with Crippen LogP contribution in [-0.2, 0) is 0 Å². The molecule has 1 heterocycles. The third-order valence-electron chi connectivity index (χ3n) is 3.92. The Morgan fingerprint density at radius 3 is 2.62 bits per heavy atom. The molecule has 0 atom stereocenters. The number of nitrogens with zero attached hydrogens (tertiary/aromatic N) is 1. The number of aromatic nitrogens is 1. The summed E-state index contributed by atoms with van der Waals surface area (Å²) < 4.78 is 29.6. The molecule has 2 aromatic carbocycles. The van der Waals surface area contributed by atoms with Gasteiger partial charge in [-0.15, -0.1) is 0 Å². The number of carbonyl (C=O) groups is 1. The van der Waals surface area contributed by atoms with E-state index in [2.05, 4.69) is 9.72 Å². The van der Waals surface area contributed by atoms with Crippen molar-refractivity contribution in [3.05, 3.63) is 70.9 Å². The van der Waals surface area contributed by atoms with Gasteiger partial charge in [-0.05, 0) is 25.1 Å². The molecule has 0 bridgehead atoms. The van der Waals surface area contributed by atoms with Gasteiger partial charge in [0, 0.05) is 22.2 Å². The fraction of sp³-hybridized carbons (Fsp3) is 0.100. The van der Waals surface area contributed by atoms with Crippen molar-refractivity contribution in [3.63, 3.8) is 0 Å². The van der Waals surface area contributed by atoms with Crippen molar-refractivity contribution in [1.82, 2.24) is 4.98 Å². The lowest BCUT2D eigenvalue weighted by Gasteiger charge is -2.08. The maximum absolute atomic E-state index is 12.9. The Balaban J connectivity index is 2.07. The summed E-state index contributed by atoms with van der Waals surface area (Å²) in [5.41, 5.74) is 1.88. The largest absolute Gasteiger partial charge is 0.434 e. The molecule has 4 nitrogen and oxygen atoms in total. The average molecular weight is 352 g/mol. The first-order valence-corrected chi connectivity index (χ1v) is 7.79. The molecule has 0 fully saturated rings. The number of Topliss-reactive ketones (excluding diaryl/α,β-unsaturated/α-hetero) is 1. The number of nitriles is 1. The van der Waals surface area contributed by atoms with E-state index in [1.165, 1.54) is 24.3 Å². The van der Waals surface area contributed by atoms with E-state index < -0.39 is 12.4 Å². The number of aryl methyl sites for hydroxylation is 1. The van der Waals surface area contributed by atoms with Gasteiger partial charge in [-0.1, -0.05) is 36.4 Å². The van der Waals surface area contributed by atoms with Crippen LogP contribution in [0, 0.1) is 18.3 Å². The number of para-hydroxylation sites is 2. The van der Waals surface area contributed by atoms with E-state index in [1.807, 2.05) is 18.2 Å². The number of aromatic amines is 1. The normalized spacial score (nSPS) is 11.6. The molecule has 130 valence electrons. The van der Waals surface area contributed by atoms with E-state index in [0.717, 1.165) is 5.52 Å². The summed E-state index contributed by atoms with van der Waals surface area (Å²) in [6, 6.07) is 15.1. The van der Waals surface area contributed by atoms with Crippen molar-refractivity contribution in [3.8, 4) is 11.8 Å². The number of benzene rings is 2. The molecule has 0 aliphatic rings. The molecular formula is C20H14F2N2O2. The number of alkyl halides is 2. The Labute approximate surface area is 148 Å². The van der Waals surface area contributed by atoms with Crippen molar-refractivity contribution in [2.24, 2.45) is 0 Å². The molecular weight excluding hydrogens is 338 g/mol. The van der Waals surface area contributed by atoms with Crippen molar-refractivity contribution in [2.75, 3.05) is 0 Å². The lowest BCUT2D eigenvalue weighted by Crippen LogP contribution is -2.05. The van der Waals surface area contributed by atoms with Crippen LogP contribution < -0.4 is 4.74 Å². The van der Waals surface area contributed by atoms with Gasteiger partial charge in [0.25, 0.3) is 0 Å². The number of rotatable bonds is 5. The zero-order valence-corrected chi connectivity index (χ0v) is 13.8. The Kier molecular flexibility index (Phi) is 4.81. The monoisotopic (exact) mass is 352 g/mol. The SMILES string of the molecule is Cc1[nH]c2ccccc2c1C(=O)C(C#N)=Cc1ccccc1OC(F)F. The van der Waals surface area contributed by atoms with Gasteiger partial charge < -0.3 is 9.72 Å². The molecule has 0 aliphatic heterocycles. The Morgan fingerprint density at radius 2 is 1.88 bits per heavy atom. The number of halogens is 2. The highest BCUT2D eigenvalue weighted by molar-refractivity contribution is 6.20. The number of carbonyl (C=O) groups excluding carboxylic acids is 1. The summed E-state index contributed by atoms with van der Waals surface area (Å²) in [6.07, 6.45) is 1.27. The summed E-state index contributed by atoms with van der Waals surface area (Å²) in [5.74, 6) is -0.576. The number of H-pyrrole nitrogens is 1. The summed E-state index contributed by atoms with van der Waals surface area (Å²) in [4.78, 5) is 16.0. The van der Waals surface area contributed by atoms with Crippen LogP contribution in [0.15, 0.2) is 54.1 Å². The van der Waals surface area contributed by atoms with Gasteiger partial charge in [0.1, 0.15) is 17.4 Å². The third-order valence-corrected chi connectivity index (χ3v) is 3.92. The van der Waals surface area contributed by atoms with E-state index >= 15 is 0 Å². The molecule has 6 heteroatoms. The van der Waals surface area contributed by atoms with Gasteiger partial charge in [-0.25, -0.2) is 0 Å². The third kappa shape index (κ3) is 3.33. The second-order valence-electron chi connectivity index (χ2n) is 5.59. The number of fused-ring (bicyclic) bond motifs is 1. The highest BCUT2D eigenvalue weighted by Gasteiger charge is 2.20. The minimum absolute atomic E-state index is 0.0984. The first-order chi connectivity index (χ1) is 12.5. The van der Waals surface area contributed by atoms with Crippen molar-refractivity contribution in [2.45, 2.75) is 13.5 Å². The quantitative estimate of drug-likeness (QED) is 0.405. The fourth-order valence-corrected chi connectivity index (χ4v) is 2.81. The molecule has 26 heavy (non-hydrogen) atoms. The summed E-state index contributed by atoms with van der Waals surface area (Å²) >= 11 is 0. The topological polar surface area (TPSA) is 65.9 Å². The van der Waals surface area contributed by atoms with Gasteiger partial charge in [0.15, 0.2) is 0 Å². The maximum Gasteiger partial charge on any atom is 0.387 e. The number of ether oxygens (including phenoxy) is 1. The van der Waals surface area contributed by atoms with Crippen LogP contribution in [0.1, 0.15) is 21.6 Å². The Morgan fingerprint density at radius 1 is 1.19 bits per heavy atom. The average Bonchev–Trinajstić information content (AvgIpc) is 2.95. The van der Waals surface area contributed by atoms with Crippen LogP contribution in [-0.4, -0.2) is 17.4 Å². The second-order valence-corrected chi connectivity index (χ2v) is 5.59. The van der Waals surface area contributed by atoms with Crippen LogP contribution in [0.25, 0.3) is 17.0 Å². The molecule has 0 aliphatic carbocycles. The van der Waals surface area contributed by atoms with Crippen molar-refractivity contribution < 1.29 is 18.3 Å². The van der Waals surface area contributed by atoms with Gasteiger partial charge in [-0.2, -0.15) is 14.0 Å². The molecule has 0 unspecified atom stereocenters. The number of hydrogen-bond donors (Lipinski definition) is 1. The molecule has 3 rings (SSSR count). The Bertz CT molecular complexity index is 1050. The van der Waals surface area contributed by atoms with Crippen molar-refractivity contribution >= 4 is 22.8 Å². The van der Waals surface area contributed by atoms with Gasteiger partial charge >= 0.3 is 6.61 Å². The van der Waals surface area contributed by atoms with Crippen LogP contribution in [0.5, 0.6) is 5.75 Å². The maximum atomic E-state index is 12.9. The predicted molar refractivity (Wildman–Crippen MR) is 94.0 cm³/mol. The van der Waals surface area contributed by atoms with E-state index in [1.54, 1.807) is 25.1 Å². The first kappa shape index (κ1) is 17.4. The zero-order valence-electron chi connectivity index (χ0n) is 13.8. The fourth-order valence-electron chi connectivity index (χ4n) is 2.81. The van der Waals surface area contributed by atoms with E-state index in [9.17, 15) is 18.8 Å². The molecule has 1 N–H and O–H groups in total. The molecule has 3 aromatic rings. The summed E-state index contributed by atoms with van der Waals surface area (Å²) in [6.45, 7) is -1.25. The minimum atomic E-state index is -3.00. The standard InChI is InChI=1S/C20H14F2N2O2/c1-12-18(15-7-3-4-8-16(15)24-12)19(25)14(11-23)10-13-6-2-5-9-17(13)26-20(21)22/h2-10,20,24H,1H3. The second kappa shape index (κ2) is 7.19. The highest BCUT2D eigenvalue weighted by atomic mass is 19.3. The van der Waals surface area contributed by atoms with Crippen LogP contribution in [0.2, 0.25) is 0 Å². The number of nitrogens with one attached hydrogen (secondary N) is 1. The smallest absolute Gasteiger partial charge is 0.387 e. The summed E-state index contributed by atoms with van der Waals surface area (Å²) in [5, 5.41) is 10.2. The molecule has 0 spiro atoms. The van der Waals surface area contributed by atoms with Gasteiger partial charge in [0.2, 0.25) is 5.78 Å². The molecule has 0 amide bonds. The number of allylic oxidation sites excluding steroid dienone is 1. The van der Waals surface area contributed by atoms with E-state index in [-0.39, 0.29) is 16.9 Å². The molecule has 0 radical (unpaired) electrons. The molecule has 0 saturated carbocycles. The van der Waals surface area contributed by atoms with E-state index in [4.69, 9.17) is 0 Å². The first-order valence-electron chi connectivity index (χ1n) is 7.79. The molecule has 1 aromatic heterocycles. The van der Waals surface area contributed by atoms with Gasteiger partial charge in [0.05, 0.1) is 5.56 Å². The molecule has 0 saturated heterocycles. The number of hydrogen-bond acceptors (Lipinski definition) is 3. The minimum Gasteiger partial charge on any atom is -0.434 e. The van der Waals surface area contributed by atoms with Crippen LogP contribution in [0.4, 0.5) is 8.78 Å². The lowest BCUT2D eigenvalue weighted by atomic mass is 9.99. The number of ketones is 1. The Hall–Kier alpha value is -3.46. The zero-order chi connectivity index (χ0) is 18.7. The lowest BCUT2D eigenvalue weighted by molar-refractivity contribution is -0.0499. The highest BCUT2D eigenvalue weighted by Crippen LogP contribution is 2.27. The summed E-state index contributed by atoms with van der Waals surface area (Å²) in [7, 11) is 0. The van der Waals surface area contributed by atoms with E-state index in [0.29, 0.717) is 16.6 Å². The predicted octanol–water partition coefficient (Wildman–Crippen LogP) is 4.87. The van der Waals surface area contributed by atoms with Crippen LogP contribution >= 0.6 is 0 Å². The van der Waals surface area contributed by atoms with Crippen molar-refractivity contribution in [1.29, 1.82) is 5.26 Å². The van der Waals surface area contributed by atoms with Crippen LogP contribution in [0.3, 0.4) is 0 Å².